The van der Waals surface area contributed by atoms with Gasteiger partial charge in [-0.1, -0.05) is 13.8 Å². The molecule has 7 nitrogen and oxygen atoms in total. The van der Waals surface area contributed by atoms with Gasteiger partial charge in [0.25, 0.3) is 0 Å². The first-order chi connectivity index (χ1) is 12.3. The molecular weight excluding hydrogens is 330 g/mol. The van der Waals surface area contributed by atoms with E-state index in [0.29, 0.717) is 25.3 Å². The van der Waals surface area contributed by atoms with E-state index in [9.17, 15) is 9.59 Å². The van der Waals surface area contributed by atoms with Crippen LogP contribution in [0.15, 0.2) is 11.3 Å². The van der Waals surface area contributed by atoms with Crippen molar-refractivity contribution in [2.24, 2.45) is 11.7 Å². The fraction of sp³-hybridized carbons (Fsp3) is 0.789. The summed E-state index contributed by atoms with van der Waals surface area (Å²) in [6, 6.07) is -0.581. The average Bonchev–Trinajstić information content (AvgIpc) is 2.47. The first kappa shape index (κ1) is 22.3. The molecule has 0 aromatic rings. The molecule has 0 aliphatic heterocycles. The first-order valence-corrected chi connectivity index (χ1v) is 9.75. The van der Waals surface area contributed by atoms with Crippen molar-refractivity contribution >= 4 is 11.9 Å². The first-order valence-electron chi connectivity index (χ1n) is 9.75. The van der Waals surface area contributed by atoms with Crippen LogP contribution in [0.3, 0.4) is 0 Å². The Kier molecular flexibility index (Phi) is 9.48. The summed E-state index contributed by atoms with van der Waals surface area (Å²) in [6.45, 7) is 8.75. The number of carbonyl (C=O) groups is 2. The van der Waals surface area contributed by atoms with Crippen molar-refractivity contribution in [3.8, 4) is 0 Å². The largest absolute Gasteiger partial charge is 0.376 e. The van der Waals surface area contributed by atoms with Crippen LogP contribution in [0.2, 0.25) is 0 Å². The SMILES string of the molecule is CNC(C(NC(CCCNC(N)=O)C(=O)NC(C)C)=C1CCC1)C(C)C. The van der Waals surface area contributed by atoms with E-state index in [1.54, 1.807) is 0 Å². The van der Waals surface area contributed by atoms with Crippen LogP contribution in [0.4, 0.5) is 4.79 Å². The van der Waals surface area contributed by atoms with E-state index in [1.807, 2.05) is 20.9 Å². The second kappa shape index (κ2) is 11.1. The summed E-state index contributed by atoms with van der Waals surface area (Å²) in [7, 11) is 1.96. The molecule has 0 aromatic heterocycles. The van der Waals surface area contributed by atoms with Gasteiger partial charge < -0.3 is 27.0 Å². The molecule has 26 heavy (non-hydrogen) atoms. The fourth-order valence-electron chi connectivity index (χ4n) is 3.21. The van der Waals surface area contributed by atoms with Crippen molar-refractivity contribution < 1.29 is 9.59 Å². The molecule has 0 saturated heterocycles. The lowest BCUT2D eigenvalue weighted by atomic mass is 9.85. The van der Waals surface area contributed by atoms with Crippen molar-refractivity contribution in [2.45, 2.75) is 77.9 Å². The van der Waals surface area contributed by atoms with Crippen LogP contribution in [-0.4, -0.2) is 43.7 Å². The van der Waals surface area contributed by atoms with E-state index in [0.717, 1.165) is 12.8 Å². The molecule has 0 aromatic carbocycles. The number of carbonyl (C=O) groups excluding carboxylic acids is 2. The van der Waals surface area contributed by atoms with Gasteiger partial charge in [0.15, 0.2) is 0 Å². The molecule has 7 heteroatoms. The zero-order chi connectivity index (χ0) is 19.7. The molecular formula is C19H37N5O2. The molecule has 2 unspecified atom stereocenters. The van der Waals surface area contributed by atoms with E-state index >= 15 is 0 Å². The molecule has 2 atom stereocenters. The summed E-state index contributed by atoms with van der Waals surface area (Å²) in [4.78, 5) is 23.5. The maximum Gasteiger partial charge on any atom is 0.312 e. The molecule has 3 amide bonds. The highest BCUT2D eigenvalue weighted by atomic mass is 16.2. The van der Waals surface area contributed by atoms with Gasteiger partial charge in [-0.15, -0.1) is 0 Å². The van der Waals surface area contributed by atoms with E-state index in [-0.39, 0.29) is 24.0 Å². The van der Waals surface area contributed by atoms with Gasteiger partial charge in [0.2, 0.25) is 5.91 Å². The van der Waals surface area contributed by atoms with Gasteiger partial charge >= 0.3 is 6.03 Å². The zero-order valence-corrected chi connectivity index (χ0v) is 16.9. The maximum absolute atomic E-state index is 12.7. The summed E-state index contributed by atoms with van der Waals surface area (Å²) in [5, 5.41) is 12.5. The van der Waals surface area contributed by atoms with Crippen molar-refractivity contribution in [1.29, 1.82) is 0 Å². The van der Waals surface area contributed by atoms with Crippen LogP contribution in [-0.2, 0) is 4.79 Å². The maximum atomic E-state index is 12.7. The third-order valence-corrected chi connectivity index (χ3v) is 4.67. The molecule has 1 rings (SSSR count). The van der Waals surface area contributed by atoms with Crippen LogP contribution in [0.25, 0.3) is 0 Å². The van der Waals surface area contributed by atoms with Crippen molar-refractivity contribution in [3.63, 3.8) is 0 Å². The topological polar surface area (TPSA) is 108 Å². The molecule has 1 aliphatic rings. The number of allylic oxidation sites excluding steroid dienone is 1. The van der Waals surface area contributed by atoms with Crippen LogP contribution in [0, 0.1) is 5.92 Å². The summed E-state index contributed by atoms with van der Waals surface area (Å²) in [5.74, 6) is 0.413. The highest BCUT2D eigenvalue weighted by Gasteiger charge is 2.28. The molecule has 150 valence electrons. The number of likely N-dealkylation sites (N-methyl/N-ethyl adjacent to an activating group) is 1. The Morgan fingerprint density at radius 3 is 2.19 bits per heavy atom. The van der Waals surface area contributed by atoms with Crippen LogP contribution < -0.4 is 27.0 Å². The van der Waals surface area contributed by atoms with Gasteiger partial charge in [-0.25, -0.2) is 4.79 Å². The highest BCUT2D eigenvalue weighted by Crippen LogP contribution is 2.31. The number of rotatable bonds is 11. The van der Waals surface area contributed by atoms with E-state index < -0.39 is 6.03 Å². The minimum absolute atomic E-state index is 0.00453. The zero-order valence-electron chi connectivity index (χ0n) is 16.9. The summed E-state index contributed by atoms with van der Waals surface area (Å²) in [6.07, 6.45) is 4.70. The monoisotopic (exact) mass is 367 g/mol. The predicted octanol–water partition coefficient (Wildman–Crippen LogP) is 1.60. The summed E-state index contributed by atoms with van der Waals surface area (Å²) < 4.78 is 0. The Labute approximate surface area is 157 Å². The number of amides is 3. The number of hydrogen-bond donors (Lipinski definition) is 5. The van der Waals surface area contributed by atoms with Crippen LogP contribution >= 0.6 is 0 Å². The average molecular weight is 368 g/mol. The van der Waals surface area contributed by atoms with Gasteiger partial charge in [-0.3, -0.25) is 4.79 Å². The van der Waals surface area contributed by atoms with Gasteiger partial charge in [-0.05, 0) is 64.5 Å². The minimum Gasteiger partial charge on any atom is -0.376 e. The molecule has 0 bridgehead atoms. The predicted molar refractivity (Wildman–Crippen MR) is 106 cm³/mol. The lowest BCUT2D eigenvalue weighted by Crippen LogP contribution is -2.50. The highest BCUT2D eigenvalue weighted by molar-refractivity contribution is 5.82. The van der Waals surface area contributed by atoms with Crippen molar-refractivity contribution in [1.82, 2.24) is 21.3 Å². The van der Waals surface area contributed by atoms with Gasteiger partial charge in [0.1, 0.15) is 6.04 Å². The Morgan fingerprint density at radius 2 is 1.77 bits per heavy atom. The van der Waals surface area contributed by atoms with Gasteiger partial charge in [0, 0.05) is 24.3 Å². The van der Waals surface area contributed by atoms with Gasteiger partial charge in [0.05, 0.1) is 0 Å². The Balaban J connectivity index is 2.88. The Hall–Kier alpha value is -1.76. The number of hydrogen-bond acceptors (Lipinski definition) is 4. The van der Waals surface area contributed by atoms with E-state index in [4.69, 9.17) is 5.73 Å². The third kappa shape index (κ3) is 7.23. The lowest BCUT2D eigenvalue weighted by Gasteiger charge is -2.34. The standard InChI is InChI=1S/C19H37N5O2/c1-12(2)16(21-5)17(14-8-6-9-14)24-15(18(25)23-13(3)4)10-7-11-22-19(20)26/h12-13,15-16,21,24H,6-11H2,1-5H3,(H,23,25)(H3,20,22,26). The second-order valence-corrected chi connectivity index (χ2v) is 7.67. The molecule has 0 radical (unpaired) electrons. The molecule has 0 spiro atoms. The lowest BCUT2D eigenvalue weighted by molar-refractivity contribution is -0.123. The second-order valence-electron chi connectivity index (χ2n) is 7.67. The smallest absolute Gasteiger partial charge is 0.312 e. The Bertz CT molecular complexity index is 496. The quantitative estimate of drug-likeness (QED) is 0.357. The summed E-state index contributed by atoms with van der Waals surface area (Å²) >= 11 is 0. The molecule has 1 aliphatic carbocycles. The van der Waals surface area contributed by atoms with Gasteiger partial charge in [-0.2, -0.15) is 0 Å². The van der Waals surface area contributed by atoms with E-state index in [1.165, 1.54) is 17.7 Å². The Morgan fingerprint density at radius 1 is 1.12 bits per heavy atom. The number of nitrogens with two attached hydrogens (primary N) is 1. The molecule has 1 saturated carbocycles. The van der Waals surface area contributed by atoms with Crippen LogP contribution in [0.1, 0.15) is 59.8 Å². The fourth-order valence-corrected chi connectivity index (χ4v) is 3.21. The number of urea groups is 1. The van der Waals surface area contributed by atoms with Crippen molar-refractivity contribution in [2.75, 3.05) is 13.6 Å². The summed E-state index contributed by atoms with van der Waals surface area (Å²) in [5.41, 5.74) is 7.69. The molecule has 6 N–H and O–H groups in total. The van der Waals surface area contributed by atoms with Crippen LogP contribution in [0.5, 0.6) is 0 Å². The number of nitrogens with one attached hydrogen (secondary N) is 4. The molecule has 0 heterocycles. The van der Waals surface area contributed by atoms with E-state index in [2.05, 4.69) is 35.1 Å². The number of primary amides is 1. The van der Waals surface area contributed by atoms with Crippen molar-refractivity contribution in [3.05, 3.63) is 11.3 Å². The molecule has 1 fully saturated rings. The minimum atomic E-state index is -0.534. The normalized spacial score (nSPS) is 16.0. The third-order valence-electron chi connectivity index (χ3n) is 4.67.